The quantitative estimate of drug-likeness (QED) is 0.555. The van der Waals surface area contributed by atoms with Crippen LogP contribution >= 0.6 is 0 Å². The number of hydrogen-bond acceptors (Lipinski definition) is 2. The lowest BCUT2D eigenvalue weighted by Gasteiger charge is -2.24. The molecule has 2 heteroatoms. The van der Waals surface area contributed by atoms with E-state index in [1.165, 1.54) is 0 Å². The summed E-state index contributed by atoms with van der Waals surface area (Å²) in [7, 11) is 0. The van der Waals surface area contributed by atoms with E-state index in [-0.39, 0.29) is 11.6 Å². The van der Waals surface area contributed by atoms with Crippen LogP contribution in [0.25, 0.3) is 0 Å². The Balaban J connectivity index is 2.69. The van der Waals surface area contributed by atoms with Crippen LogP contribution in [-0.4, -0.2) is 11.6 Å². The maximum Gasteiger partial charge on any atom is 0.138 e. The van der Waals surface area contributed by atoms with Crippen molar-refractivity contribution in [3.63, 3.8) is 0 Å². The van der Waals surface area contributed by atoms with Crippen LogP contribution in [0.3, 0.4) is 0 Å². The molecule has 0 N–H and O–H groups in total. The Kier molecular flexibility index (Phi) is 2.65. The summed E-state index contributed by atoms with van der Waals surface area (Å²) in [6, 6.07) is 0. The Morgan fingerprint density at radius 3 is 2.33 bits per heavy atom. The highest BCUT2D eigenvalue weighted by Crippen LogP contribution is 2.28. The van der Waals surface area contributed by atoms with E-state index in [4.69, 9.17) is 0 Å². The highest BCUT2D eigenvalue weighted by molar-refractivity contribution is 5.91. The fraction of sp³-hybridized carbons (Fsp3) is 0.800. The molecule has 0 spiro atoms. The summed E-state index contributed by atoms with van der Waals surface area (Å²) in [6.45, 7) is 3.75. The van der Waals surface area contributed by atoms with Gasteiger partial charge in [0.1, 0.15) is 11.6 Å². The zero-order chi connectivity index (χ0) is 9.19. The van der Waals surface area contributed by atoms with Gasteiger partial charge in [0.2, 0.25) is 0 Å². The Morgan fingerprint density at radius 2 is 1.67 bits per heavy atom. The van der Waals surface area contributed by atoms with E-state index in [2.05, 4.69) is 0 Å². The van der Waals surface area contributed by atoms with Crippen LogP contribution in [0, 0.1) is 5.41 Å². The molecule has 0 atom stereocenters. The summed E-state index contributed by atoms with van der Waals surface area (Å²) in [5.41, 5.74) is -0.405. The van der Waals surface area contributed by atoms with Gasteiger partial charge in [-0.25, -0.2) is 0 Å². The molecule has 0 aliphatic heterocycles. The van der Waals surface area contributed by atoms with Crippen LogP contribution in [-0.2, 0) is 9.59 Å². The van der Waals surface area contributed by atoms with Gasteiger partial charge in [0.15, 0.2) is 0 Å². The first-order valence-electron chi connectivity index (χ1n) is 4.57. The fourth-order valence-corrected chi connectivity index (χ4v) is 1.63. The summed E-state index contributed by atoms with van der Waals surface area (Å²) in [6.07, 6.45) is 3.53. The lowest BCUT2D eigenvalue weighted by molar-refractivity contribution is -0.133. The molecule has 1 saturated carbocycles. The normalized spacial score (nSPS) is 24.8. The average molecular weight is 168 g/mol. The average Bonchev–Trinajstić information content (AvgIpc) is 1.95. The van der Waals surface area contributed by atoms with E-state index in [1.807, 2.05) is 13.8 Å². The van der Waals surface area contributed by atoms with Crippen molar-refractivity contribution in [2.45, 2.75) is 46.0 Å². The van der Waals surface area contributed by atoms with Gasteiger partial charge in [-0.3, -0.25) is 9.59 Å². The first-order chi connectivity index (χ1) is 5.52. The predicted octanol–water partition coefficient (Wildman–Crippen LogP) is 2.11. The molecule has 0 bridgehead atoms. The van der Waals surface area contributed by atoms with Gasteiger partial charge in [-0.2, -0.15) is 0 Å². The third-order valence-electron chi connectivity index (χ3n) is 2.50. The Bertz CT molecular complexity index is 204. The second-order valence-corrected chi connectivity index (χ2v) is 4.23. The van der Waals surface area contributed by atoms with E-state index in [1.54, 1.807) is 0 Å². The van der Waals surface area contributed by atoms with Crippen molar-refractivity contribution < 1.29 is 9.59 Å². The first-order valence-corrected chi connectivity index (χ1v) is 4.57. The third-order valence-corrected chi connectivity index (χ3v) is 2.50. The molecule has 2 nitrogen and oxygen atoms in total. The maximum absolute atomic E-state index is 11.5. The topological polar surface area (TPSA) is 34.1 Å². The highest BCUT2D eigenvalue weighted by atomic mass is 16.1. The van der Waals surface area contributed by atoms with Crippen LogP contribution in [0.2, 0.25) is 0 Å². The largest absolute Gasteiger partial charge is 0.300 e. The summed E-state index contributed by atoms with van der Waals surface area (Å²) in [5, 5.41) is 0. The molecule has 1 rings (SSSR count). The van der Waals surface area contributed by atoms with E-state index in [0.29, 0.717) is 19.3 Å². The minimum absolute atomic E-state index is 0.244. The van der Waals surface area contributed by atoms with Crippen molar-refractivity contribution in [3.8, 4) is 0 Å². The van der Waals surface area contributed by atoms with Gasteiger partial charge in [0.25, 0.3) is 0 Å². The van der Waals surface area contributed by atoms with E-state index < -0.39 is 5.41 Å². The summed E-state index contributed by atoms with van der Waals surface area (Å²) in [5.74, 6) is 0.489. The van der Waals surface area contributed by atoms with Gasteiger partial charge in [0, 0.05) is 24.7 Å². The zero-order valence-electron chi connectivity index (χ0n) is 7.85. The van der Waals surface area contributed by atoms with Crippen LogP contribution in [0.15, 0.2) is 0 Å². The van der Waals surface area contributed by atoms with Gasteiger partial charge in [0.05, 0.1) is 0 Å². The number of rotatable bonds is 0. The molecule has 0 heterocycles. The molecular formula is C10H16O2. The fourth-order valence-electron chi connectivity index (χ4n) is 1.63. The molecule has 68 valence electrons. The van der Waals surface area contributed by atoms with Crippen molar-refractivity contribution in [1.82, 2.24) is 0 Å². The lowest BCUT2D eigenvalue weighted by atomic mass is 9.78. The first kappa shape index (κ1) is 9.43. The van der Waals surface area contributed by atoms with E-state index >= 15 is 0 Å². The lowest BCUT2D eigenvalue weighted by Crippen LogP contribution is -2.28. The van der Waals surface area contributed by atoms with Crippen molar-refractivity contribution in [1.29, 1.82) is 0 Å². The minimum atomic E-state index is -0.405. The monoisotopic (exact) mass is 168 g/mol. The predicted molar refractivity (Wildman–Crippen MR) is 46.9 cm³/mol. The Hall–Kier alpha value is -0.660. The zero-order valence-corrected chi connectivity index (χ0v) is 7.85. The molecule has 0 radical (unpaired) electrons. The third kappa shape index (κ3) is 2.16. The molecule has 0 saturated heterocycles. The Labute approximate surface area is 73.3 Å². The smallest absolute Gasteiger partial charge is 0.138 e. The number of carbonyl (C=O) groups excluding carboxylic acids is 2. The number of Topliss-reactive ketones (excluding diaryl/α,β-unsaturated/α-hetero) is 2. The van der Waals surface area contributed by atoms with E-state index in [0.717, 1.165) is 12.8 Å². The number of ketones is 2. The molecule has 0 aromatic carbocycles. The highest BCUT2D eigenvalue weighted by Gasteiger charge is 2.30. The van der Waals surface area contributed by atoms with Gasteiger partial charge in [-0.1, -0.05) is 13.8 Å². The van der Waals surface area contributed by atoms with Crippen molar-refractivity contribution in [3.05, 3.63) is 0 Å². The van der Waals surface area contributed by atoms with Gasteiger partial charge in [-0.05, 0) is 12.8 Å². The van der Waals surface area contributed by atoms with Crippen molar-refractivity contribution in [2.75, 3.05) is 0 Å². The molecular weight excluding hydrogens is 152 g/mol. The summed E-state index contributed by atoms with van der Waals surface area (Å²) in [4.78, 5) is 22.7. The SMILES string of the molecule is CC1(C)CC(=O)CCCCC1=O. The van der Waals surface area contributed by atoms with Crippen LogP contribution in [0.4, 0.5) is 0 Å². The maximum atomic E-state index is 11.5. The van der Waals surface area contributed by atoms with Gasteiger partial charge in [-0.15, -0.1) is 0 Å². The second-order valence-electron chi connectivity index (χ2n) is 4.23. The number of carbonyl (C=O) groups is 2. The molecule has 0 amide bonds. The summed E-state index contributed by atoms with van der Waals surface area (Å²) < 4.78 is 0. The van der Waals surface area contributed by atoms with Crippen LogP contribution in [0.5, 0.6) is 0 Å². The van der Waals surface area contributed by atoms with Crippen LogP contribution in [0.1, 0.15) is 46.0 Å². The van der Waals surface area contributed by atoms with Crippen LogP contribution < -0.4 is 0 Å². The van der Waals surface area contributed by atoms with Gasteiger partial charge < -0.3 is 0 Å². The molecule has 0 aromatic heterocycles. The molecule has 0 unspecified atom stereocenters. The Morgan fingerprint density at radius 1 is 1.08 bits per heavy atom. The second kappa shape index (κ2) is 3.38. The molecule has 12 heavy (non-hydrogen) atoms. The molecule has 1 aliphatic carbocycles. The molecule has 1 fully saturated rings. The summed E-state index contributed by atoms with van der Waals surface area (Å²) >= 11 is 0. The molecule has 1 aliphatic rings. The van der Waals surface area contributed by atoms with Crippen molar-refractivity contribution in [2.24, 2.45) is 5.41 Å². The van der Waals surface area contributed by atoms with Crippen molar-refractivity contribution >= 4 is 11.6 Å². The van der Waals surface area contributed by atoms with Gasteiger partial charge >= 0.3 is 0 Å². The number of hydrogen-bond donors (Lipinski definition) is 0. The molecule has 0 aromatic rings. The minimum Gasteiger partial charge on any atom is -0.300 e. The van der Waals surface area contributed by atoms with E-state index in [9.17, 15) is 9.59 Å². The standard InChI is InChI=1S/C10H16O2/c1-10(2)7-8(11)5-3-4-6-9(10)12/h3-7H2,1-2H3.